The Kier molecular flexibility index (Phi) is 6.82. The first-order valence-corrected chi connectivity index (χ1v) is 8.57. The lowest BCUT2D eigenvalue weighted by atomic mass is 9.88. The standard InChI is InChI=1S/C18H28ClN3O3/c1-11-8-12(10-20-14(11)19)21-15(23)13(9-17(2,3)4)22-16(24)25-18(5,6)7/h8,10,13H,9H2,1-7H3,(H,21,23)(H,22,24)/t13-/m1/s1. The average molecular weight is 370 g/mol. The second-order valence-corrected chi connectivity index (χ2v) is 8.64. The number of halogens is 1. The minimum absolute atomic E-state index is 0.162. The van der Waals surface area contributed by atoms with Crippen LogP contribution in [0.3, 0.4) is 0 Å². The molecule has 1 aromatic rings. The number of hydrogen-bond acceptors (Lipinski definition) is 4. The number of aromatic nitrogens is 1. The molecule has 7 heteroatoms. The lowest BCUT2D eigenvalue weighted by molar-refractivity contribution is -0.118. The van der Waals surface area contributed by atoms with Crippen LogP contribution in [0, 0.1) is 12.3 Å². The summed E-state index contributed by atoms with van der Waals surface area (Å²) in [5, 5.41) is 5.81. The summed E-state index contributed by atoms with van der Waals surface area (Å²) in [6.07, 6.45) is 1.31. The Labute approximate surface area is 154 Å². The number of aryl methyl sites for hydroxylation is 1. The van der Waals surface area contributed by atoms with Crippen LogP contribution in [0.2, 0.25) is 5.15 Å². The highest BCUT2D eigenvalue weighted by Gasteiger charge is 2.28. The summed E-state index contributed by atoms with van der Waals surface area (Å²) < 4.78 is 5.26. The van der Waals surface area contributed by atoms with E-state index in [0.29, 0.717) is 17.3 Å². The van der Waals surface area contributed by atoms with Crippen molar-refractivity contribution in [1.29, 1.82) is 0 Å². The summed E-state index contributed by atoms with van der Waals surface area (Å²) in [4.78, 5) is 28.7. The lowest BCUT2D eigenvalue weighted by Gasteiger charge is -2.27. The number of hydrogen-bond donors (Lipinski definition) is 2. The van der Waals surface area contributed by atoms with Gasteiger partial charge in [0.15, 0.2) is 0 Å². The van der Waals surface area contributed by atoms with Crippen LogP contribution in [0.1, 0.15) is 53.5 Å². The maximum Gasteiger partial charge on any atom is 0.408 e. The molecule has 0 saturated heterocycles. The van der Waals surface area contributed by atoms with Crippen molar-refractivity contribution >= 4 is 29.3 Å². The van der Waals surface area contributed by atoms with Crippen molar-refractivity contribution in [3.05, 3.63) is 23.0 Å². The quantitative estimate of drug-likeness (QED) is 0.775. The molecule has 0 aromatic carbocycles. The molecule has 2 amide bonds. The van der Waals surface area contributed by atoms with E-state index in [2.05, 4.69) is 15.6 Å². The molecule has 0 aliphatic carbocycles. The summed E-state index contributed by atoms with van der Waals surface area (Å²) in [6.45, 7) is 13.1. The van der Waals surface area contributed by atoms with Crippen LogP contribution < -0.4 is 10.6 Å². The second kappa shape index (κ2) is 8.04. The third-order valence-corrected chi connectivity index (χ3v) is 3.50. The van der Waals surface area contributed by atoms with Gasteiger partial charge in [-0.25, -0.2) is 9.78 Å². The Morgan fingerprint density at radius 1 is 1.24 bits per heavy atom. The van der Waals surface area contributed by atoms with Gasteiger partial charge in [0.05, 0.1) is 11.9 Å². The summed E-state index contributed by atoms with van der Waals surface area (Å²) in [5.74, 6) is -0.329. The van der Waals surface area contributed by atoms with Crippen molar-refractivity contribution in [3.8, 4) is 0 Å². The van der Waals surface area contributed by atoms with Crippen LogP contribution in [0.4, 0.5) is 10.5 Å². The molecule has 0 aliphatic rings. The van der Waals surface area contributed by atoms with Crippen molar-refractivity contribution in [2.75, 3.05) is 5.32 Å². The number of pyridine rings is 1. The van der Waals surface area contributed by atoms with E-state index in [4.69, 9.17) is 16.3 Å². The van der Waals surface area contributed by atoms with Crippen molar-refractivity contribution in [2.24, 2.45) is 5.41 Å². The zero-order valence-electron chi connectivity index (χ0n) is 16.0. The van der Waals surface area contributed by atoms with E-state index in [1.807, 2.05) is 20.8 Å². The van der Waals surface area contributed by atoms with E-state index in [9.17, 15) is 9.59 Å². The Morgan fingerprint density at radius 2 is 1.84 bits per heavy atom. The molecule has 1 heterocycles. The molecule has 140 valence electrons. The first-order valence-electron chi connectivity index (χ1n) is 8.19. The summed E-state index contributed by atoms with van der Waals surface area (Å²) >= 11 is 5.90. The van der Waals surface area contributed by atoms with E-state index in [0.717, 1.165) is 5.56 Å². The normalized spacial score (nSPS) is 13.1. The highest BCUT2D eigenvalue weighted by molar-refractivity contribution is 6.30. The molecule has 2 N–H and O–H groups in total. The molecule has 25 heavy (non-hydrogen) atoms. The van der Waals surface area contributed by atoms with E-state index in [1.54, 1.807) is 33.8 Å². The molecule has 0 unspecified atom stereocenters. The largest absolute Gasteiger partial charge is 0.444 e. The number of nitrogens with one attached hydrogen (secondary N) is 2. The topological polar surface area (TPSA) is 80.3 Å². The van der Waals surface area contributed by atoms with Gasteiger partial charge in [-0.15, -0.1) is 0 Å². The molecule has 0 saturated carbocycles. The number of carbonyl (C=O) groups is 2. The van der Waals surface area contributed by atoms with Crippen LogP contribution in [0.15, 0.2) is 12.3 Å². The van der Waals surface area contributed by atoms with Crippen molar-refractivity contribution in [1.82, 2.24) is 10.3 Å². The van der Waals surface area contributed by atoms with Gasteiger partial charge < -0.3 is 15.4 Å². The van der Waals surface area contributed by atoms with Crippen LogP contribution >= 0.6 is 11.6 Å². The van der Waals surface area contributed by atoms with Gasteiger partial charge in [-0.3, -0.25) is 4.79 Å². The third kappa shape index (κ3) is 8.20. The number of anilines is 1. The van der Waals surface area contributed by atoms with Gasteiger partial charge in [0.2, 0.25) is 5.91 Å². The molecular formula is C18H28ClN3O3. The number of alkyl carbamates (subject to hydrolysis) is 1. The van der Waals surface area contributed by atoms with Crippen molar-refractivity contribution in [3.63, 3.8) is 0 Å². The van der Waals surface area contributed by atoms with Gasteiger partial charge >= 0.3 is 6.09 Å². The lowest BCUT2D eigenvalue weighted by Crippen LogP contribution is -2.47. The van der Waals surface area contributed by atoms with E-state index in [-0.39, 0.29) is 11.3 Å². The predicted octanol–water partition coefficient (Wildman–Crippen LogP) is 4.31. The molecule has 0 bridgehead atoms. The minimum atomic E-state index is -0.731. The molecule has 0 fully saturated rings. The van der Waals surface area contributed by atoms with Gasteiger partial charge in [-0.1, -0.05) is 32.4 Å². The number of rotatable bonds is 4. The first kappa shape index (κ1) is 21.2. The second-order valence-electron chi connectivity index (χ2n) is 8.28. The van der Waals surface area contributed by atoms with Gasteiger partial charge in [0.25, 0.3) is 0 Å². The molecule has 0 spiro atoms. The fraction of sp³-hybridized carbons (Fsp3) is 0.611. The van der Waals surface area contributed by atoms with E-state index in [1.165, 1.54) is 6.20 Å². The summed E-state index contributed by atoms with van der Waals surface area (Å²) in [6, 6.07) is 1.00. The van der Waals surface area contributed by atoms with Crippen LogP contribution in [0.5, 0.6) is 0 Å². The zero-order chi connectivity index (χ0) is 19.4. The van der Waals surface area contributed by atoms with E-state index >= 15 is 0 Å². The Morgan fingerprint density at radius 3 is 2.32 bits per heavy atom. The van der Waals surface area contributed by atoms with Gasteiger partial charge in [-0.05, 0) is 51.2 Å². The maximum absolute atomic E-state index is 12.6. The number of ether oxygens (including phenoxy) is 1. The molecular weight excluding hydrogens is 342 g/mol. The van der Waals surface area contributed by atoms with Crippen LogP contribution in [0.25, 0.3) is 0 Å². The maximum atomic E-state index is 12.6. The Balaban J connectivity index is 2.88. The van der Waals surface area contributed by atoms with Gasteiger partial charge in [-0.2, -0.15) is 0 Å². The molecule has 6 nitrogen and oxygen atoms in total. The highest BCUT2D eigenvalue weighted by atomic mass is 35.5. The molecule has 0 aliphatic heterocycles. The van der Waals surface area contributed by atoms with Crippen LogP contribution in [-0.2, 0) is 9.53 Å². The predicted molar refractivity (Wildman–Crippen MR) is 99.8 cm³/mol. The van der Waals surface area contributed by atoms with Crippen molar-refractivity contribution < 1.29 is 14.3 Å². The Hall–Kier alpha value is -1.82. The SMILES string of the molecule is Cc1cc(NC(=O)[C@@H](CC(C)(C)C)NC(=O)OC(C)(C)C)cnc1Cl. The molecule has 1 aromatic heterocycles. The minimum Gasteiger partial charge on any atom is -0.444 e. The smallest absolute Gasteiger partial charge is 0.408 e. The number of nitrogens with zero attached hydrogens (tertiary/aromatic N) is 1. The molecule has 0 radical (unpaired) electrons. The average Bonchev–Trinajstić information content (AvgIpc) is 2.38. The van der Waals surface area contributed by atoms with Gasteiger partial charge in [0, 0.05) is 0 Å². The number of amides is 2. The highest BCUT2D eigenvalue weighted by Crippen LogP contribution is 2.23. The Bertz CT molecular complexity index is 633. The number of carbonyl (C=O) groups excluding carboxylic acids is 2. The third-order valence-electron chi connectivity index (χ3n) is 3.11. The summed E-state index contributed by atoms with van der Waals surface area (Å²) in [5.41, 5.74) is 0.485. The fourth-order valence-corrected chi connectivity index (χ4v) is 2.23. The first-order chi connectivity index (χ1) is 11.3. The molecule has 1 atom stereocenters. The van der Waals surface area contributed by atoms with Crippen LogP contribution in [-0.4, -0.2) is 28.6 Å². The summed E-state index contributed by atoms with van der Waals surface area (Å²) in [7, 11) is 0. The molecule has 1 rings (SSSR count). The monoisotopic (exact) mass is 369 g/mol. The fourth-order valence-electron chi connectivity index (χ4n) is 2.13. The van der Waals surface area contributed by atoms with Crippen molar-refractivity contribution in [2.45, 2.75) is 66.5 Å². The van der Waals surface area contributed by atoms with E-state index < -0.39 is 17.7 Å². The van der Waals surface area contributed by atoms with Gasteiger partial charge in [0.1, 0.15) is 16.8 Å². The zero-order valence-corrected chi connectivity index (χ0v) is 16.7.